The largest absolute Gasteiger partial charge is 0.382 e. The average Bonchev–Trinajstić information content (AvgIpc) is 2.34. The van der Waals surface area contributed by atoms with Gasteiger partial charge in [0, 0.05) is 31.0 Å². The Labute approximate surface area is 114 Å². The highest BCUT2D eigenvalue weighted by Gasteiger charge is 2.07. The van der Waals surface area contributed by atoms with Crippen molar-refractivity contribution in [2.24, 2.45) is 5.92 Å². The van der Waals surface area contributed by atoms with Gasteiger partial charge >= 0.3 is 0 Å². The van der Waals surface area contributed by atoms with Crippen LogP contribution in [0.25, 0.3) is 0 Å². The molecule has 0 saturated carbocycles. The lowest BCUT2D eigenvalue weighted by Crippen LogP contribution is -2.11. The molecule has 0 atom stereocenters. The van der Waals surface area contributed by atoms with E-state index in [-0.39, 0.29) is 10.6 Å². The molecule has 106 valence electrons. The predicted octanol–water partition coefficient (Wildman–Crippen LogP) is 3.38. The third kappa shape index (κ3) is 5.70. The molecule has 0 heterocycles. The summed E-state index contributed by atoms with van der Waals surface area (Å²) in [7, 11) is 0. The molecule has 0 bridgehead atoms. The second-order valence-corrected chi connectivity index (χ2v) is 4.98. The molecule has 0 radical (unpaired) electrons. The van der Waals surface area contributed by atoms with Gasteiger partial charge < -0.3 is 10.1 Å². The number of non-ortho nitro benzene ring substituents is 1. The van der Waals surface area contributed by atoms with Crippen molar-refractivity contribution in [1.29, 1.82) is 0 Å². The highest BCUT2D eigenvalue weighted by Crippen LogP contribution is 2.21. The molecule has 0 amide bonds. The summed E-state index contributed by atoms with van der Waals surface area (Å²) in [5.74, 6) is 0.645. The van der Waals surface area contributed by atoms with Gasteiger partial charge in [0.05, 0.1) is 11.5 Å². The Morgan fingerprint density at radius 1 is 1.37 bits per heavy atom. The number of hydrogen-bond donors (Lipinski definition) is 1. The second-order valence-electron chi connectivity index (χ2n) is 4.98. The first kappa shape index (κ1) is 15.4. The highest BCUT2D eigenvalue weighted by molar-refractivity contribution is 5.56. The van der Waals surface area contributed by atoms with Crippen LogP contribution in [0, 0.1) is 23.0 Å². The van der Waals surface area contributed by atoms with Gasteiger partial charge in [-0.1, -0.05) is 19.9 Å². The molecule has 5 nitrogen and oxygen atoms in total. The Morgan fingerprint density at radius 2 is 2.11 bits per heavy atom. The van der Waals surface area contributed by atoms with E-state index in [0.29, 0.717) is 19.1 Å². The van der Waals surface area contributed by atoms with Crippen LogP contribution in [-0.2, 0) is 4.74 Å². The summed E-state index contributed by atoms with van der Waals surface area (Å²) in [5.41, 5.74) is 1.89. The Kier molecular flexibility index (Phi) is 6.29. The van der Waals surface area contributed by atoms with Crippen molar-refractivity contribution in [3.63, 3.8) is 0 Å². The van der Waals surface area contributed by atoms with Crippen molar-refractivity contribution in [1.82, 2.24) is 0 Å². The van der Waals surface area contributed by atoms with Crippen LogP contribution < -0.4 is 5.32 Å². The molecule has 0 fully saturated rings. The number of benzene rings is 1. The normalized spacial score (nSPS) is 10.7. The van der Waals surface area contributed by atoms with Crippen LogP contribution in [0.2, 0.25) is 0 Å². The summed E-state index contributed by atoms with van der Waals surface area (Å²) in [5, 5.41) is 13.9. The van der Waals surface area contributed by atoms with Gasteiger partial charge in [0.1, 0.15) is 0 Å². The highest BCUT2D eigenvalue weighted by atomic mass is 16.6. The van der Waals surface area contributed by atoms with Crippen LogP contribution in [-0.4, -0.2) is 24.7 Å². The van der Waals surface area contributed by atoms with Gasteiger partial charge in [0.15, 0.2) is 0 Å². The van der Waals surface area contributed by atoms with Crippen LogP contribution in [0.5, 0.6) is 0 Å². The van der Waals surface area contributed by atoms with Crippen molar-refractivity contribution >= 4 is 11.4 Å². The number of anilines is 1. The van der Waals surface area contributed by atoms with E-state index < -0.39 is 0 Å². The Morgan fingerprint density at radius 3 is 2.74 bits per heavy atom. The fourth-order valence-electron chi connectivity index (χ4n) is 1.59. The Hall–Kier alpha value is -1.62. The number of rotatable bonds is 8. The van der Waals surface area contributed by atoms with Gasteiger partial charge in [-0.05, 0) is 24.8 Å². The summed E-state index contributed by atoms with van der Waals surface area (Å²) < 4.78 is 5.49. The molecule has 0 aliphatic heterocycles. The maximum Gasteiger partial charge on any atom is 0.271 e. The van der Waals surface area contributed by atoms with E-state index in [4.69, 9.17) is 4.74 Å². The predicted molar refractivity (Wildman–Crippen MR) is 76.6 cm³/mol. The molecule has 0 aromatic heterocycles. The smallest absolute Gasteiger partial charge is 0.271 e. The van der Waals surface area contributed by atoms with Gasteiger partial charge in [-0.3, -0.25) is 10.1 Å². The van der Waals surface area contributed by atoms with Gasteiger partial charge in [-0.25, -0.2) is 0 Å². The fourth-order valence-corrected chi connectivity index (χ4v) is 1.59. The SMILES string of the molecule is Cc1ccc([N+](=O)[O-])cc1NCCOCCC(C)C. The summed E-state index contributed by atoms with van der Waals surface area (Å²) >= 11 is 0. The molecule has 0 spiro atoms. The maximum absolute atomic E-state index is 10.7. The van der Waals surface area contributed by atoms with Crippen molar-refractivity contribution in [2.45, 2.75) is 27.2 Å². The molecule has 0 unspecified atom stereocenters. The first-order valence-corrected chi connectivity index (χ1v) is 6.57. The quantitative estimate of drug-likeness (QED) is 0.445. The zero-order chi connectivity index (χ0) is 14.3. The minimum absolute atomic E-state index is 0.105. The van der Waals surface area contributed by atoms with E-state index in [1.54, 1.807) is 12.1 Å². The number of nitro benzene ring substituents is 1. The molecular formula is C14H22N2O3. The van der Waals surface area contributed by atoms with Crippen LogP contribution in [0.1, 0.15) is 25.8 Å². The van der Waals surface area contributed by atoms with Crippen molar-refractivity contribution in [3.05, 3.63) is 33.9 Å². The van der Waals surface area contributed by atoms with Crippen molar-refractivity contribution in [3.8, 4) is 0 Å². The van der Waals surface area contributed by atoms with E-state index >= 15 is 0 Å². The zero-order valence-electron chi connectivity index (χ0n) is 11.8. The zero-order valence-corrected chi connectivity index (χ0v) is 11.8. The standard InChI is InChI=1S/C14H22N2O3/c1-11(2)6-8-19-9-7-15-14-10-13(16(17)18)5-4-12(14)3/h4-5,10-11,15H,6-9H2,1-3H3. The number of nitrogens with one attached hydrogen (secondary N) is 1. The second kappa shape index (κ2) is 7.74. The molecule has 0 saturated heterocycles. The van der Waals surface area contributed by atoms with Crippen LogP contribution in [0.3, 0.4) is 0 Å². The topological polar surface area (TPSA) is 64.4 Å². The van der Waals surface area contributed by atoms with E-state index in [2.05, 4.69) is 19.2 Å². The molecule has 0 aliphatic carbocycles. The van der Waals surface area contributed by atoms with E-state index in [9.17, 15) is 10.1 Å². The first-order valence-electron chi connectivity index (χ1n) is 6.57. The minimum Gasteiger partial charge on any atom is -0.382 e. The lowest BCUT2D eigenvalue weighted by atomic mass is 10.1. The molecule has 1 rings (SSSR count). The Bertz CT molecular complexity index is 419. The van der Waals surface area contributed by atoms with Gasteiger partial charge in [0.2, 0.25) is 0 Å². The monoisotopic (exact) mass is 266 g/mol. The molecule has 1 aromatic carbocycles. The van der Waals surface area contributed by atoms with Crippen LogP contribution in [0.15, 0.2) is 18.2 Å². The van der Waals surface area contributed by atoms with E-state index in [1.807, 2.05) is 6.92 Å². The van der Waals surface area contributed by atoms with E-state index in [1.165, 1.54) is 6.07 Å². The number of nitro groups is 1. The molecular weight excluding hydrogens is 244 g/mol. The molecule has 1 aromatic rings. The summed E-state index contributed by atoms with van der Waals surface area (Å²) in [6, 6.07) is 4.82. The third-order valence-corrected chi connectivity index (χ3v) is 2.83. The lowest BCUT2D eigenvalue weighted by molar-refractivity contribution is -0.384. The van der Waals surface area contributed by atoms with Crippen LogP contribution in [0.4, 0.5) is 11.4 Å². The average molecular weight is 266 g/mol. The van der Waals surface area contributed by atoms with E-state index in [0.717, 1.165) is 24.3 Å². The number of hydrogen-bond acceptors (Lipinski definition) is 4. The van der Waals surface area contributed by atoms with Crippen molar-refractivity contribution in [2.75, 3.05) is 25.1 Å². The van der Waals surface area contributed by atoms with Crippen LogP contribution >= 0.6 is 0 Å². The summed E-state index contributed by atoms with van der Waals surface area (Å²) in [4.78, 5) is 10.3. The number of ether oxygens (including phenoxy) is 1. The molecule has 5 heteroatoms. The van der Waals surface area contributed by atoms with Gasteiger partial charge in [-0.2, -0.15) is 0 Å². The number of aryl methyl sites for hydroxylation is 1. The minimum atomic E-state index is -0.385. The van der Waals surface area contributed by atoms with Gasteiger partial charge in [-0.15, -0.1) is 0 Å². The number of nitrogens with zero attached hydrogens (tertiary/aromatic N) is 1. The molecule has 0 aliphatic rings. The fraction of sp³-hybridized carbons (Fsp3) is 0.571. The maximum atomic E-state index is 10.7. The summed E-state index contributed by atoms with van der Waals surface area (Å²) in [6.07, 6.45) is 1.05. The Balaban J connectivity index is 2.36. The van der Waals surface area contributed by atoms with Crippen molar-refractivity contribution < 1.29 is 9.66 Å². The third-order valence-electron chi connectivity index (χ3n) is 2.83. The molecule has 19 heavy (non-hydrogen) atoms. The molecule has 1 N–H and O–H groups in total. The first-order chi connectivity index (χ1) is 9.00. The summed E-state index contributed by atoms with van der Waals surface area (Å²) in [6.45, 7) is 8.26. The van der Waals surface area contributed by atoms with Gasteiger partial charge in [0.25, 0.3) is 5.69 Å². The lowest BCUT2D eigenvalue weighted by Gasteiger charge is -2.10.